The van der Waals surface area contributed by atoms with Crippen molar-refractivity contribution in [1.29, 1.82) is 0 Å². The van der Waals surface area contributed by atoms with Crippen molar-refractivity contribution in [2.24, 2.45) is 5.92 Å². The predicted molar refractivity (Wildman–Crippen MR) is 106 cm³/mol. The van der Waals surface area contributed by atoms with Crippen molar-refractivity contribution < 1.29 is 4.79 Å². The molecule has 0 radical (unpaired) electrons. The van der Waals surface area contributed by atoms with Crippen LogP contribution >= 0.6 is 0 Å². The first-order chi connectivity index (χ1) is 12.9. The van der Waals surface area contributed by atoms with Crippen LogP contribution in [-0.4, -0.2) is 38.7 Å². The van der Waals surface area contributed by atoms with Gasteiger partial charge in [-0.2, -0.15) is 0 Å². The molecule has 6 nitrogen and oxygen atoms in total. The molecular formula is C21H31N5O. The van der Waals surface area contributed by atoms with Crippen molar-refractivity contribution in [2.45, 2.75) is 59.7 Å². The van der Waals surface area contributed by atoms with Crippen LogP contribution in [0.15, 0.2) is 24.3 Å². The minimum absolute atomic E-state index is 0.0207. The van der Waals surface area contributed by atoms with Gasteiger partial charge in [0.1, 0.15) is 5.82 Å². The van der Waals surface area contributed by atoms with Gasteiger partial charge in [0.25, 0.3) is 0 Å². The molecule has 1 N–H and O–H groups in total. The third-order valence-electron chi connectivity index (χ3n) is 5.03. The number of carbonyl (C=O) groups excluding carboxylic acids is 1. The van der Waals surface area contributed by atoms with Crippen molar-refractivity contribution in [1.82, 2.24) is 25.0 Å². The SMILES string of the molecule is CC(=O)NC(CC(C)C)c1nnc2n1CCN(Cc1cccc(C)c1)CC2. The van der Waals surface area contributed by atoms with E-state index in [9.17, 15) is 4.79 Å². The molecule has 0 spiro atoms. The van der Waals surface area contributed by atoms with E-state index in [1.54, 1.807) is 6.92 Å². The Morgan fingerprint density at radius 1 is 1.22 bits per heavy atom. The van der Waals surface area contributed by atoms with Crippen LogP contribution in [0, 0.1) is 12.8 Å². The zero-order valence-corrected chi connectivity index (χ0v) is 16.9. The Morgan fingerprint density at radius 2 is 2.04 bits per heavy atom. The number of nitrogens with one attached hydrogen (secondary N) is 1. The van der Waals surface area contributed by atoms with E-state index >= 15 is 0 Å². The zero-order chi connectivity index (χ0) is 19.4. The van der Waals surface area contributed by atoms with Crippen molar-refractivity contribution in [3.8, 4) is 0 Å². The van der Waals surface area contributed by atoms with E-state index < -0.39 is 0 Å². The van der Waals surface area contributed by atoms with E-state index in [0.717, 1.165) is 50.7 Å². The summed E-state index contributed by atoms with van der Waals surface area (Å²) in [6, 6.07) is 8.63. The first kappa shape index (κ1) is 19.5. The van der Waals surface area contributed by atoms with E-state index in [1.165, 1.54) is 11.1 Å². The van der Waals surface area contributed by atoms with E-state index in [2.05, 4.69) is 70.0 Å². The molecule has 1 aliphatic rings. The number of rotatable bonds is 6. The van der Waals surface area contributed by atoms with Gasteiger partial charge in [-0.1, -0.05) is 43.7 Å². The fraction of sp³-hybridized carbons (Fsp3) is 0.571. The van der Waals surface area contributed by atoms with Gasteiger partial charge in [0.2, 0.25) is 5.91 Å². The van der Waals surface area contributed by atoms with Gasteiger partial charge in [0, 0.05) is 39.5 Å². The van der Waals surface area contributed by atoms with Crippen LogP contribution in [0.25, 0.3) is 0 Å². The fourth-order valence-corrected chi connectivity index (χ4v) is 3.82. The van der Waals surface area contributed by atoms with Gasteiger partial charge in [-0.25, -0.2) is 0 Å². The molecule has 0 aliphatic carbocycles. The van der Waals surface area contributed by atoms with Gasteiger partial charge in [-0.3, -0.25) is 9.69 Å². The number of hydrogen-bond donors (Lipinski definition) is 1. The molecule has 1 aromatic heterocycles. The van der Waals surface area contributed by atoms with Gasteiger partial charge in [-0.05, 0) is 24.8 Å². The van der Waals surface area contributed by atoms with Crippen molar-refractivity contribution in [3.63, 3.8) is 0 Å². The maximum absolute atomic E-state index is 11.7. The summed E-state index contributed by atoms with van der Waals surface area (Å²) in [4.78, 5) is 14.1. The minimum Gasteiger partial charge on any atom is -0.346 e. The quantitative estimate of drug-likeness (QED) is 0.850. The van der Waals surface area contributed by atoms with Crippen molar-refractivity contribution in [2.75, 3.05) is 13.1 Å². The topological polar surface area (TPSA) is 63.1 Å². The third-order valence-corrected chi connectivity index (χ3v) is 5.03. The van der Waals surface area contributed by atoms with Crippen LogP contribution in [-0.2, 0) is 24.3 Å². The van der Waals surface area contributed by atoms with Gasteiger partial charge in [-0.15, -0.1) is 10.2 Å². The Balaban J connectivity index is 1.73. The molecular weight excluding hydrogens is 338 g/mol. The number of nitrogens with zero attached hydrogens (tertiary/aromatic N) is 4. The first-order valence-electron chi connectivity index (χ1n) is 9.89. The Kier molecular flexibility index (Phi) is 6.26. The van der Waals surface area contributed by atoms with Crippen LogP contribution in [0.4, 0.5) is 0 Å². The van der Waals surface area contributed by atoms with Crippen molar-refractivity contribution in [3.05, 3.63) is 47.0 Å². The van der Waals surface area contributed by atoms with Crippen LogP contribution < -0.4 is 5.32 Å². The number of hydrogen-bond acceptors (Lipinski definition) is 4. The summed E-state index contributed by atoms with van der Waals surface area (Å²) >= 11 is 0. The van der Waals surface area contributed by atoms with Crippen LogP contribution in [0.2, 0.25) is 0 Å². The van der Waals surface area contributed by atoms with Crippen LogP contribution in [0.3, 0.4) is 0 Å². The second kappa shape index (κ2) is 8.65. The molecule has 27 heavy (non-hydrogen) atoms. The molecule has 2 heterocycles. The number of amides is 1. The number of carbonyl (C=O) groups is 1. The summed E-state index contributed by atoms with van der Waals surface area (Å²) in [5.74, 6) is 2.37. The predicted octanol–water partition coefficient (Wildman–Crippen LogP) is 2.87. The second-order valence-electron chi connectivity index (χ2n) is 8.02. The largest absolute Gasteiger partial charge is 0.346 e. The summed E-state index contributed by atoms with van der Waals surface area (Å²) in [7, 11) is 0. The first-order valence-corrected chi connectivity index (χ1v) is 9.89. The molecule has 0 fully saturated rings. The molecule has 0 saturated carbocycles. The highest BCUT2D eigenvalue weighted by Gasteiger charge is 2.25. The molecule has 1 amide bonds. The number of aromatic nitrogens is 3. The second-order valence-corrected chi connectivity index (χ2v) is 8.02. The third kappa shape index (κ3) is 5.16. The highest BCUT2D eigenvalue weighted by atomic mass is 16.1. The van der Waals surface area contributed by atoms with Gasteiger partial charge >= 0.3 is 0 Å². The molecule has 6 heteroatoms. The number of fused-ring (bicyclic) bond motifs is 1. The normalized spacial score (nSPS) is 16.0. The summed E-state index contributed by atoms with van der Waals surface area (Å²) in [5.41, 5.74) is 2.65. The lowest BCUT2D eigenvalue weighted by atomic mass is 10.0. The molecule has 0 bridgehead atoms. The van der Waals surface area contributed by atoms with Gasteiger partial charge in [0.15, 0.2) is 5.82 Å². The van der Waals surface area contributed by atoms with Crippen LogP contribution in [0.1, 0.15) is 56.0 Å². The summed E-state index contributed by atoms with van der Waals surface area (Å²) in [5, 5.41) is 12.0. The number of aryl methyl sites for hydroxylation is 1. The standard InChI is InChI=1S/C21H31N5O/c1-15(2)12-19(22-17(4)27)21-24-23-20-8-9-25(10-11-26(20)21)14-18-7-5-6-16(3)13-18/h5-7,13,15,19H,8-12,14H2,1-4H3,(H,22,27). The Hall–Kier alpha value is -2.21. The maximum Gasteiger partial charge on any atom is 0.217 e. The lowest BCUT2D eigenvalue weighted by Gasteiger charge is -2.22. The maximum atomic E-state index is 11.7. The summed E-state index contributed by atoms with van der Waals surface area (Å²) < 4.78 is 2.22. The highest BCUT2D eigenvalue weighted by Crippen LogP contribution is 2.22. The molecule has 3 rings (SSSR count). The molecule has 146 valence electrons. The molecule has 1 aromatic carbocycles. The van der Waals surface area contributed by atoms with Gasteiger partial charge < -0.3 is 9.88 Å². The monoisotopic (exact) mass is 369 g/mol. The molecule has 2 aromatic rings. The molecule has 0 saturated heterocycles. The van der Waals surface area contributed by atoms with Crippen LogP contribution in [0.5, 0.6) is 0 Å². The molecule has 1 unspecified atom stereocenters. The van der Waals surface area contributed by atoms with E-state index in [0.29, 0.717) is 5.92 Å². The van der Waals surface area contributed by atoms with E-state index in [1.807, 2.05) is 0 Å². The molecule has 1 aliphatic heterocycles. The average molecular weight is 370 g/mol. The lowest BCUT2D eigenvalue weighted by Crippen LogP contribution is -2.31. The smallest absolute Gasteiger partial charge is 0.217 e. The fourth-order valence-electron chi connectivity index (χ4n) is 3.82. The zero-order valence-electron chi connectivity index (χ0n) is 16.9. The van der Waals surface area contributed by atoms with E-state index in [4.69, 9.17) is 0 Å². The van der Waals surface area contributed by atoms with E-state index in [-0.39, 0.29) is 11.9 Å². The Labute approximate surface area is 162 Å². The van der Waals surface area contributed by atoms with Crippen molar-refractivity contribution >= 4 is 5.91 Å². The Morgan fingerprint density at radius 3 is 2.74 bits per heavy atom. The Bertz CT molecular complexity index is 783. The highest BCUT2D eigenvalue weighted by molar-refractivity contribution is 5.73. The average Bonchev–Trinajstić information content (AvgIpc) is 2.89. The molecule has 1 atom stereocenters. The summed E-state index contributed by atoms with van der Waals surface area (Å²) in [6.07, 6.45) is 1.75. The lowest BCUT2D eigenvalue weighted by molar-refractivity contribution is -0.119. The van der Waals surface area contributed by atoms with Gasteiger partial charge in [0.05, 0.1) is 6.04 Å². The minimum atomic E-state index is -0.0768. The number of benzene rings is 1. The summed E-state index contributed by atoms with van der Waals surface area (Å²) in [6.45, 7) is 11.8.